The number of benzene rings is 1. The molecule has 1 aliphatic rings. The van der Waals surface area contributed by atoms with Gasteiger partial charge in [-0.2, -0.15) is 0 Å². The first-order chi connectivity index (χ1) is 10.3. The average Bonchev–Trinajstić information content (AvgIpc) is 2.81. The Balaban J connectivity index is 1.83. The van der Waals surface area contributed by atoms with Gasteiger partial charge in [0.15, 0.2) is 0 Å². The van der Waals surface area contributed by atoms with Crippen LogP contribution in [0.2, 0.25) is 0 Å². The van der Waals surface area contributed by atoms with E-state index in [1.807, 2.05) is 24.3 Å². The van der Waals surface area contributed by atoms with E-state index < -0.39 is 0 Å². The molecule has 0 aliphatic heterocycles. The summed E-state index contributed by atoms with van der Waals surface area (Å²) in [5.74, 6) is 6.25. The molecule has 0 bridgehead atoms. The highest BCUT2D eigenvalue weighted by molar-refractivity contribution is 5.78. The van der Waals surface area contributed by atoms with E-state index in [0.717, 1.165) is 24.0 Å². The average molecular weight is 284 g/mol. The van der Waals surface area contributed by atoms with Crippen LogP contribution >= 0.6 is 0 Å². The Morgan fingerprint density at radius 2 is 1.81 bits per heavy atom. The van der Waals surface area contributed by atoms with Crippen molar-refractivity contribution in [3.8, 4) is 11.8 Å². The van der Waals surface area contributed by atoms with Gasteiger partial charge in [-0.15, -0.1) is 0 Å². The first kappa shape index (κ1) is 15.6. The van der Waals surface area contributed by atoms with E-state index in [4.69, 9.17) is 5.73 Å². The van der Waals surface area contributed by atoms with Crippen molar-refractivity contribution in [1.82, 2.24) is 5.32 Å². The quantitative estimate of drug-likeness (QED) is 0.662. The van der Waals surface area contributed by atoms with Crippen LogP contribution in [0.3, 0.4) is 0 Å². The van der Waals surface area contributed by atoms with Gasteiger partial charge < -0.3 is 11.1 Å². The molecule has 0 spiro atoms. The Morgan fingerprint density at radius 1 is 1.14 bits per heavy atom. The van der Waals surface area contributed by atoms with E-state index in [2.05, 4.69) is 17.2 Å². The molecule has 3 nitrogen and oxygen atoms in total. The van der Waals surface area contributed by atoms with Crippen LogP contribution in [0.5, 0.6) is 0 Å². The third-order valence-corrected chi connectivity index (χ3v) is 3.98. The molecule has 1 aromatic carbocycles. The predicted molar refractivity (Wildman–Crippen MR) is 85.4 cm³/mol. The molecule has 2 rings (SSSR count). The van der Waals surface area contributed by atoms with Crippen LogP contribution in [-0.2, 0) is 11.3 Å². The largest absolute Gasteiger partial charge is 0.352 e. The van der Waals surface area contributed by atoms with Gasteiger partial charge in [-0.1, -0.05) is 49.7 Å². The molecule has 0 saturated heterocycles. The van der Waals surface area contributed by atoms with Gasteiger partial charge in [0, 0.05) is 18.0 Å². The Bertz CT molecular complexity index is 502. The maximum atomic E-state index is 12.2. The predicted octanol–water partition coefficient (Wildman–Crippen LogP) is 2.58. The lowest BCUT2D eigenvalue weighted by Crippen LogP contribution is -2.30. The van der Waals surface area contributed by atoms with Gasteiger partial charge in [0.05, 0.1) is 6.54 Å². The highest BCUT2D eigenvalue weighted by Crippen LogP contribution is 2.22. The van der Waals surface area contributed by atoms with Crippen LogP contribution < -0.4 is 11.1 Å². The molecular weight excluding hydrogens is 260 g/mol. The smallest absolute Gasteiger partial charge is 0.223 e. The summed E-state index contributed by atoms with van der Waals surface area (Å²) >= 11 is 0. The second kappa shape index (κ2) is 8.49. The summed E-state index contributed by atoms with van der Waals surface area (Å²) in [6.45, 7) is 0.971. The van der Waals surface area contributed by atoms with Crippen molar-refractivity contribution in [2.45, 2.75) is 45.1 Å². The maximum absolute atomic E-state index is 12.2. The third-order valence-electron chi connectivity index (χ3n) is 3.98. The zero-order valence-corrected chi connectivity index (χ0v) is 12.5. The third kappa shape index (κ3) is 5.24. The van der Waals surface area contributed by atoms with E-state index in [0.29, 0.717) is 13.1 Å². The fourth-order valence-corrected chi connectivity index (χ4v) is 2.73. The Kier molecular flexibility index (Phi) is 6.30. The van der Waals surface area contributed by atoms with Crippen molar-refractivity contribution in [2.75, 3.05) is 6.54 Å². The van der Waals surface area contributed by atoms with Gasteiger partial charge >= 0.3 is 0 Å². The highest BCUT2D eigenvalue weighted by atomic mass is 16.1. The molecule has 0 radical (unpaired) electrons. The zero-order valence-electron chi connectivity index (χ0n) is 12.5. The summed E-state index contributed by atoms with van der Waals surface area (Å²) < 4.78 is 0. The van der Waals surface area contributed by atoms with Gasteiger partial charge in [0.1, 0.15) is 0 Å². The summed E-state index contributed by atoms with van der Waals surface area (Å²) in [4.78, 5) is 12.2. The van der Waals surface area contributed by atoms with Crippen LogP contribution in [0.25, 0.3) is 0 Å². The molecule has 3 heteroatoms. The second-order valence-electron chi connectivity index (χ2n) is 5.61. The molecule has 3 N–H and O–H groups in total. The van der Waals surface area contributed by atoms with Gasteiger partial charge in [-0.25, -0.2) is 0 Å². The minimum Gasteiger partial charge on any atom is -0.352 e. The summed E-state index contributed by atoms with van der Waals surface area (Å²) in [5, 5.41) is 3.06. The monoisotopic (exact) mass is 284 g/mol. The number of hydrogen-bond donors (Lipinski definition) is 2. The van der Waals surface area contributed by atoms with Gasteiger partial charge in [0.25, 0.3) is 0 Å². The molecule has 1 fully saturated rings. The summed E-state index contributed by atoms with van der Waals surface area (Å²) in [5.41, 5.74) is 7.41. The Hall–Kier alpha value is -1.79. The van der Waals surface area contributed by atoms with Crippen LogP contribution in [0.4, 0.5) is 0 Å². The summed E-state index contributed by atoms with van der Waals surface area (Å²) in [6.07, 6.45) is 7.00. The number of hydrogen-bond acceptors (Lipinski definition) is 2. The van der Waals surface area contributed by atoms with E-state index in [-0.39, 0.29) is 11.8 Å². The topological polar surface area (TPSA) is 55.1 Å². The van der Waals surface area contributed by atoms with E-state index in [9.17, 15) is 4.79 Å². The molecule has 1 amide bonds. The van der Waals surface area contributed by atoms with Crippen molar-refractivity contribution >= 4 is 5.91 Å². The van der Waals surface area contributed by atoms with Crippen molar-refractivity contribution in [3.05, 3.63) is 35.4 Å². The van der Waals surface area contributed by atoms with Gasteiger partial charge in [0.2, 0.25) is 5.91 Å². The lowest BCUT2D eigenvalue weighted by Gasteiger charge is -2.14. The van der Waals surface area contributed by atoms with Crippen molar-refractivity contribution in [2.24, 2.45) is 11.7 Å². The number of rotatable bonds is 3. The number of nitrogens with two attached hydrogens (primary N) is 1. The minimum absolute atomic E-state index is 0.210. The number of nitrogens with one attached hydrogen (secondary N) is 1. The van der Waals surface area contributed by atoms with Crippen molar-refractivity contribution in [3.63, 3.8) is 0 Å². The molecule has 0 atom stereocenters. The Morgan fingerprint density at radius 3 is 2.43 bits per heavy atom. The molecule has 112 valence electrons. The molecule has 0 heterocycles. The Labute approximate surface area is 127 Å². The molecule has 0 unspecified atom stereocenters. The molecular formula is C18H24N2O. The van der Waals surface area contributed by atoms with Crippen molar-refractivity contribution < 1.29 is 4.79 Å². The number of amides is 1. The van der Waals surface area contributed by atoms with Crippen LogP contribution in [-0.4, -0.2) is 12.5 Å². The molecule has 1 saturated carbocycles. The zero-order chi connectivity index (χ0) is 14.9. The standard InChI is InChI=1S/C18H24N2O/c19-13-5-6-15-9-11-16(12-10-15)14-20-18(21)17-7-3-1-2-4-8-17/h9-12,17H,1-4,7-8,13-14,19H2,(H,20,21). The molecule has 1 aromatic rings. The lowest BCUT2D eigenvalue weighted by molar-refractivity contribution is -0.125. The summed E-state index contributed by atoms with van der Waals surface area (Å²) in [6, 6.07) is 7.95. The van der Waals surface area contributed by atoms with E-state index >= 15 is 0 Å². The molecule has 1 aliphatic carbocycles. The minimum atomic E-state index is 0.210. The first-order valence-electron chi connectivity index (χ1n) is 7.85. The normalized spacial score (nSPS) is 15.7. The van der Waals surface area contributed by atoms with Gasteiger partial charge in [-0.05, 0) is 30.5 Å². The van der Waals surface area contributed by atoms with Crippen molar-refractivity contribution in [1.29, 1.82) is 0 Å². The fraction of sp³-hybridized carbons (Fsp3) is 0.500. The summed E-state index contributed by atoms with van der Waals surface area (Å²) in [7, 11) is 0. The number of carbonyl (C=O) groups excluding carboxylic acids is 1. The van der Waals surface area contributed by atoms with E-state index in [1.165, 1.54) is 25.7 Å². The number of carbonyl (C=O) groups is 1. The highest BCUT2D eigenvalue weighted by Gasteiger charge is 2.19. The molecule has 21 heavy (non-hydrogen) atoms. The first-order valence-corrected chi connectivity index (χ1v) is 7.85. The SMILES string of the molecule is NCC#Cc1ccc(CNC(=O)C2CCCCCC2)cc1. The van der Waals surface area contributed by atoms with Gasteiger partial charge in [-0.3, -0.25) is 4.79 Å². The second-order valence-corrected chi connectivity index (χ2v) is 5.61. The lowest BCUT2D eigenvalue weighted by atomic mass is 9.99. The maximum Gasteiger partial charge on any atom is 0.223 e. The fourth-order valence-electron chi connectivity index (χ4n) is 2.73. The van der Waals surface area contributed by atoms with E-state index in [1.54, 1.807) is 0 Å². The van der Waals surface area contributed by atoms with Crippen LogP contribution in [0.15, 0.2) is 24.3 Å². The van der Waals surface area contributed by atoms with Crippen LogP contribution in [0.1, 0.15) is 49.7 Å². The molecule has 0 aromatic heterocycles. The van der Waals surface area contributed by atoms with Crippen LogP contribution in [0, 0.1) is 17.8 Å².